The Labute approximate surface area is 178 Å². The molecule has 148 valence electrons. The maximum Gasteiger partial charge on any atom is 0.144 e. The summed E-state index contributed by atoms with van der Waals surface area (Å²) in [6.45, 7) is 8.75. The molecule has 0 amide bonds. The number of rotatable bonds is 2. The maximum absolute atomic E-state index is 5.16. The number of nitrogens with zero attached hydrogens (tertiary/aromatic N) is 3. The predicted molar refractivity (Wildman–Crippen MR) is 127 cm³/mol. The third-order valence-electron chi connectivity index (χ3n) is 5.52. The van der Waals surface area contributed by atoms with Gasteiger partial charge in [0.1, 0.15) is 11.7 Å². The molecule has 2 aliphatic heterocycles. The summed E-state index contributed by atoms with van der Waals surface area (Å²) in [7, 11) is 0. The topological polar surface area (TPSA) is 28.0 Å². The molecule has 0 spiro atoms. The van der Waals surface area contributed by atoms with Gasteiger partial charge in [0.25, 0.3) is 0 Å². The van der Waals surface area contributed by atoms with Crippen molar-refractivity contribution in [3.8, 4) is 0 Å². The lowest BCUT2D eigenvalue weighted by atomic mass is 9.96. The Morgan fingerprint density at radius 3 is 2.13 bits per heavy atom. The summed E-state index contributed by atoms with van der Waals surface area (Å²) in [5.74, 6) is 1.95. The Hall–Kier alpha value is -3.46. The zero-order valence-corrected chi connectivity index (χ0v) is 17.8. The van der Waals surface area contributed by atoms with Gasteiger partial charge < -0.3 is 4.90 Å². The van der Waals surface area contributed by atoms with Crippen molar-refractivity contribution in [1.29, 1.82) is 0 Å². The molecular formula is C27H25N3. The number of hydrogen-bond acceptors (Lipinski definition) is 2. The molecule has 0 bridgehead atoms. The fraction of sp³-hybridized carbons (Fsp3) is 0.185. The summed E-state index contributed by atoms with van der Waals surface area (Å²) in [5.41, 5.74) is 7.70. The van der Waals surface area contributed by atoms with Gasteiger partial charge in [-0.15, -0.1) is 0 Å². The fourth-order valence-electron chi connectivity index (χ4n) is 4.17. The minimum absolute atomic E-state index is 0.174. The second kappa shape index (κ2) is 6.81. The van der Waals surface area contributed by atoms with Crippen LogP contribution in [0.5, 0.6) is 0 Å². The van der Waals surface area contributed by atoms with Gasteiger partial charge in [-0.05, 0) is 51.5 Å². The lowest BCUT2D eigenvalue weighted by molar-refractivity contribution is 0.350. The number of hydrogen-bond donors (Lipinski definition) is 0. The highest BCUT2D eigenvalue weighted by molar-refractivity contribution is 6.53. The number of para-hydroxylation sites is 1. The van der Waals surface area contributed by atoms with Gasteiger partial charge in [-0.2, -0.15) is 0 Å². The molecule has 0 unspecified atom stereocenters. The van der Waals surface area contributed by atoms with Gasteiger partial charge in [0.2, 0.25) is 0 Å². The van der Waals surface area contributed by atoms with Crippen LogP contribution in [0.15, 0.2) is 88.8 Å². The quantitative estimate of drug-likeness (QED) is 0.472. The smallest absolute Gasteiger partial charge is 0.144 e. The Kier molecular flexibility index (Phi) is 4.21. The lowest BCUT2D eigenvalue weighted by Crippen LogP contribution is -2.46. The zero-order valence-electron chi connectivity index (χ0n) is 17.8. The van der Waals surface area contributed by atoms with Gasteiger partial charge in [0.05, 0.1) is 11.4 Å². The van der Waals surface area contributed by atoms with Gasteiger partial charge in [-0.3, -0.25) is 0 Å². The molecule has 3 aromatic carbocycles. The molecule has 0 saturated carbocycles. The first-order valence-corrected chi connectivity index (χ1v) is 10.4. The predicted octanol–water partition coefficient (Wildman–Crippen LogP) is 6.79. The van der Waals surface area contributed by atoms with E-state index in [0.29, 0.717) is 0 Å². The highest BCUT2D eigenvalue weighted by Crippen LogP contribution is 2.47. The van der Waals surface area contributed by atoms with E-state index < -0.39 is 0 Å². The highest BCUT2D eigenvalue weighted by Gasteiger charge is 2.44. The molecule has 3 nitrogen and oxygen atoms in total. The molecule has 0 atom stereocenters. The summed E-state index contributed by atoms with van der Waals surface area (Å²) in [6, 6.07) is 27.3. The van der Waals surface area contributed by atoms with E-state index in [1.807, 2.05) is 0 Å². The van der Waals surface area contributed by atoms with Crippen LogP contribution < -0.4 is 0 Å². The third-order valence-corrected chi connectivity index (χ3v) is 5.52. The van der Waals surface area contributed by atoms with Gasteiger partial charge in [-0.1, -0.05) is 66.2 Å². The Bertz CT molecular complexity index is 1210. The van der Waals surface area contributed by atoms with E-state index in [2.05, 4.69) is 111 Å². The highest BCUT2D eigenvalue weighted by atomic mass is 15.3. The largest absolute Gasteiger partial charge is 0.305 e. The van der Waals surface area contributed by atoms with E-state index in [0.717, 1.165) is 34.2 Å². The molecule has 3 aromatic rings. The maximum atomic E-state index is 5.16. The first-order valence-electron chi connectivity index (χ1n) is 10.4. The Morgan fingerprint density at radius 1 is 0.767 bits per heavy atom. The van der Waals surface area contributed by atoms with E-state index in [9.17, 15) is 0 Å². The molecule has 0 fully saturated rings. The van der Waals surface area contributed by atoms with Crippen LogP contribution in [-0.2, 0) is 0 Å². The average Bonchev–Trinajstić information content (AvgIpc) is 3.23. The van der Waals surface area contributed by atoms with Crippen molar-refractivity contribution in [3.63, 3.8) is 0 Å². The molecule has 0 aliphatic carbocycles. The van der Waals surface area contributed by atoms with E-state index in [4.69, 9.17) is 9.98 Å². The van der Waals surface area contributed by atoms with Gasteiger partial charge >= 0.3 is 0 Å². The summed E-state index contributed by atoms with van der Waals surface area (Å²) >= 11 is 0. The average molecular weight is 392 g/mol. The molecule has 0 N–H and O–H groups in total. The molecule has 5 rings (SSSR count). The third kappa shape index (κ3) is 2.98. The normalized spacial score (nSPS) is 16.7. The number of benzene rings is 3. The summed E-state index contributed by atoms with van der Waals surface area (Å²) in [6.07, 6.45) is 0. The van der Waals surface area contributed by atoms with Crippen LogP contribution in [-0.4, -0.2) is 22.1 Å². The molecule has 3 heteroatoms. The van der Waals surface area contributed by atoms with Crippen molar-refractivity contribution < 1.29 is 0 Å². The van der Waals surface area contributed by atoms with Crippen LogP contribution in [0.2, 0.25) is 0 Å². The van der Waals surface area contributed by atoms with Crippen LogP contribution in [0.25, 0.3) is 11.1 Å². The van der Waals surface area contributed by atoms with E-state index in [-0.39, 0.29) is 5.54 Å². The van der Waals surface area contributed by atoms with Crippen molar-refractivity contribution in [3.05, 3.63) is 95.6 Å². The fourth-order valence-corrected chi connectivity index (χ4v) is 4.17. The van der Waals surface area contributed by atoms with Crippen LogP contribution in [0.1, 0.15) is 37.5 Å². The molecule has 0 aromatic heterocycles. The summed E-state index contributed by atoms with van der Waals surface area (Å²) in [4.78, 5) is 12.5. The minimum Gasteiger partial charge on any atom is -0.305 e. The van der Waals surface area contributed by atoms with Crippen molar-refractivity contribution in [2.24, 2.45) is 9.98 Å². The first kappa shape index (κ1) is 18.6. The molecule has 2 aliphatic rings. The number of aliphatic imine (C=N–C) groups is 2. The van der Waals surface area contributed by atoms with Crippen LogP contribution in [0, 0.1) is 6.92 Å². The monoisotopic (exact) mass is 391 g/mol. The molecular weight excluding hydrogens is 366 g/mol. The van der Waals surface area contributed by atoms with Crippen molar-refractivity contribution in [1.82, 2.24) is 4.90 Å². The van der Waals surface area contributed by atoms with Crippen LogP contribution in [0.3, 0.4) is 0 Å². The van der Waals surface area contributed by atoms with Gasteiger partial charge in [0.15, 0.2) is 0 Å². The number of fused-ring (bicyclic) bond motifs is 3. The van der Waals surface area contributed by atoms with E-state index in [1.165, 1.54) is 16.7 Å². The molecule has 30 heavy (non-hydrogen) atoms. The number of amidine groups is 2. The van der Waals surface area contributed by atoms with E-state index in [1.54, 1.807) is 0 Å². The second-order valence-corrected chi connectivity index (χ2v) is 8.85. The van der Waals surface area contributed by atoms with Crippen molar-refractivity contribution in [2.45, 2.75) is 33.2 Å². The standard InChI is InChI=1S/C27H25N3/c1-18-14-16-20(17-15-18)28-25-23(19-10-6-5-7-11-19)24-21-12-8-9-13-22(21)29-26(24)30(25)27(2,3)4/h5-17H,1-4H3. The molecule has 0 saturated heterocycles. The van der Waals surface area contributed by atoms with Crippen molar-refractivity contribution in [2.75, 3.05) is 0 Å². The zero-order chi connectivity index (χ0) is 20.9. The Balaban J connectivity index is 1.82. The first-order chi connectivity index (χ1) is 14.4. The molecule has 2 heterocycles. The van der Waals surface area contributed by atoms with E-state index >= 15 is 0 Å². The Morgan fingerprint density at radius 2 is 1.43 bits per heavy atom. The van der Waals surface area contributed by atoms with Crippen LogP contribution in [0.4, 0.5) is 11.4 Å². The SMILES string of the molecule is Cc1ccc(N=C2C(c3ccccc3)=C3C(=Nc4ccccc43)N2C(C)(C)C)cc1. The summed E-state index contributed by atoms with van der Waals surface area (Å²) in [5, 5.41) is 0. The van der Waals surface area contributed by atoms with Gasteiger partial charge in [0, 0.05) is 22.2 Å². The lowest BCUT2D eigenvalue weighted by Gasteiger charge is -2.34. The van der Waals surface area contributed by atoms with Crippen molar-refractivity contribution >= 4 is 34.2 Å². The summed E-state index contributed by atoms with van der Waals surface area (Å²) < 4.78 is 0. The molecule has 0 radical (unpaired) electrons. The minimum atomic E-state index is -0.174. The van der Waals surface area contributed by atoms with Gasteiger partial charge in [-0.25, -0.2) is 9.98 Å². The second-order valence-electron chi connectivity index (χ2n) is 8.85. The number of aryl methyl sites for hydroxylation is 1. The van der Waals surface area contributed by atoms with Crippen LogP contribution >= 0.6 is 0 Å².